The molecule has 19 heavy (non-hydrogen) atoms. The molecule has 100 valence electrons. The summed E-state index contributed by atoms with van der Waals surface area (Å²) in [5.41, 5.74) is 0.456. The molecule has 0 fully saturated rings. The van der Waals surface area contributed by atoms with Gasteiger partial charge in [0, 0.05) is 13.2 Å². The summed E-state index contributed by atoms with van der Waals surface area (Å²) in [6.07, 6.45) is 1.19. The number of aromatic nitrogens is 2. The molecule has 0 aliphatic rings. The number of aromatic carboxylic acids is 1. The van der Waals surface area contributed by atoms with E-state index in [4.69, 9.17) is 5.11 Å². The highest BCUT2D eigenvalue weighted by Gasteiger charge is 2.18. The number of fused-ring (bicyclic) bond motifs is 1. The quantitative estimate of drug-likeness (QED) is 0.900. The van der Waals surface area contributed by atoms with Crippen molar-refractivity contribution < 1.29 is 19.4 Å². The predicted octanol–water partition coefficient (Wildman–Crippen LogP) is 1.23. The van der Waals surface area contributed by atoms with Crippen molar-refractivity contribution in [3.8, 4) is 0 Å². The summed E-state index contributed by atoms with van der Waals surface area (Å²) in [7, 11) is 2.83. The van der Waals surface area contributed by atoms with E-state index in [1.54, 1.807) is 35.8 Å². The van der Waals surface area contributed by atoms with E-state index in [0.29, 0.717) is 11.3 Å². The average molecular weight is 263 g/mol. The largest absolute Gasteiger partial charge is 0.476 e. The number of pyridine rings is 1. The number of carbonyl (C=O) groups excluding carboxylic acids is 1. The molecule has 0 saturated heterocycles. The molecule has 0 radical (unpaired) electrons. The van der Waals surface area contributed by atoms with E-state index in [1.165, 1.54) is 12.0 Å². The summed E-state index contributed by atoms with van der Waals surface area (Å²) in [5, 5.41) is 9.10. The molecule has 0 unspecified atom stereocenters. The van der Waals surface area contributed by atoms with Gasteiger partial charge in [-0.2, -0.15) is 0 Å². The van der Waals surface area contributed by atoms with E-state index in [2.05, 4.69) is 9.72 Å². The molecule has 2 aromatic heterocycles. The molecule has 0 atom stereocenters. The third kappa shape index (κ3) is 2.35. The van der Waals surface area contributed by atoms with E-state index in [0.717, 1.165) is 0 Å². The van der Waals surface area contributed by atoms with Gasteiger partial charge in [-0.25, -0.2) is 14.6 Å². The highest BCUT2D eigenvalue weighted by molar-refractivity contribution is 5.93. The minimum Gasteiger partial charge on any atom is -0.476 e. The number of nitrogens with zero attached hydrogens (tertiary/aromatic N) is 3. The molecule has 1 amide bonds. The van der Waals surface area contributed by atoms with Crippen LogP contribution in [-0.4, -0.2) is 45.6 Å². The van der Waals surface area contributed by atoms with Crippen LogP contribution in [-0.2, 0) is 11.3 Å². The van der Waals surface area contributed by atoms with E-state index in [1.807, 2.05) is 0 Å². The second kappa shape index (κ2) is 4.97. The smallest absolute Gasteiger partial charge is 0.409 e. The normalized spacial score (nSPS) is 10.4. The Morgan fingerprint density at radius 1 is 1.47 bits per heavy atom. The molecule has 7 heteroatoms. The molecular weight excluding hydrogens is 250 g/mol. The molecule has 2 aromatic rings. The van der Waals surface area contributed by atoms with Crippen LogP contribution in [0.3, 0.4) is 0 Å². The average Bonchev–Trinajstić information content (AvgIpc) is 2.77. The van der Waals surface area contributed by atoms with Crippen LogP contribution >= 0.6 is 0 Å². The summed E-state index contributed by atoms with van der Waals surface area (Å²) >= 11 is 0. The number of hydrogen-bond acceptors (Lipinski definition) is 4. The lowest BCUT2D eigenvalue weighted by molar-refractivity contribution is 0.0693. The van der Waals surface area contributed by atoms with Crippen molar-refractivity contribution in [3.63, 3.8) is 0 Å². The minimum atomic E-state index is -1.10. The molecule has 7 nitrogen and oxygen atoms in total. The summed E-state index contributed by atoms with van der Waals surface area (Å²) in [5.74, 6) is -0.642. The fourth-order valence-electron chi connectivity index (χ4n) is 1.80. The molecule has 1 N–H and O–H groups in total. The Morgan fingerprint density at radius 2 is 2.21 bits per heavy atom. The highest BCUT2D eigenvalue weighted by atomic mass is 16.5. The first kappa shape index (κ1) is 12.9. The number of carboxylic acid groups (broad SMARTS) is 1. The maximum atomic E-state index is 11.3. The Kier molecular flexibility index (Phi) is 3.37. The zero-order valence-electron chi connectivity index (χ0n) is 10.5. The Bertz CT molecular complexity index is 635. The van der Waals surface area contributed by atoms with E-state index in [-0.39, 0.29) is 12.2 Å². The van der Waals surface area contributed by atoms with Crippen LogP contribution in [0.2, 0.25) is 0 Å². The molecular formula is C12H13N3O4. The van der Waals surface area contributed by atoms with Gasteiger partial charge in [-0.05, 0) is 12.1 Å². The zero-order valence-corrected chi connectivity index (χ0v) is 10.5. The summed E-state index contributed by atoms with van der Waals surface area (Å²) in [6.45, 7) is 0.158. The van der Waals surface area contributed by atoms with Gasteiger partial charge in [-0.1, -0.05) is 6.07 Å². The Balaban J connectivity index is 2.44. The van der Waals surface area contributed by atoms with Gasteiger partial charge < -0.3 is 19.1 Å². The Labute approximate surface area is 109 Å². The van der Waals surface area contributed by atoms with Crippen LogP contribution in [0.4, 0.5) is 4.79 Å². The number of carbonyl (C=O) groups is 2. The Morgan fingerprint density at radius 3 is 2.84 bits per heavy atom. The maximum absolute atomic E-state index is 11.3. The van der Waals surface area contributed by atoms with Gasteiger partial charge in [0.15, 0.2) is 5.69 Å². The maximum Gasteiger partial charge on any atom is 0.409 e. The zero-order chi connectivity index (χ0) is 14.0. The Hall–Kier alpha value is -2.57. The third-order valence-electron chi connectivity index (χ3n) is 2.69. The fourth-order valence-corrected chi connectivity index (χ4v) is 1.80. The van der Waals surface area contributed by atoms with Crippen LogP contribution in [0.5, 0.6) is 0 Å². The first-order chi connectivity index (χ1) is 9.04. The molecule has 2 rings (SSSR count). The molecule has 0 aromatic carbocycles. The molecule has 0 saturated carbocycles. The first-order valence-electron chi connectivity index (χ1n) is 5.53. The second-order valence-electron chi connectivity index (χ2n) is 3.96. The second-order valence-corrected chi connectivity index (χ2v) is 3.96. The van der Waals surface area contributed by atoms with E-state index in [9.17, 15) is 9.59 Å². The topological polar surface area (TPSA) is 84.1 Å². The summed E-state index contributed by atoms with van der Waals surface area (Å²) in [6, 6.07) is 5.16. The van der Waals surface area contributed by atoms with Gasteiger partial charge in [0.25, 0.3) is 0 Å². The SMILES string of the molecule is COC(=O)N(C)Cc1nc(C(=O)O)c2ccccn12. The number of methoxy groups -OCH3 is 1. The van der Waals surface area contributed by atoms with Crippen molar-refractivity contribution in [2.24, 2.45) is 0 Å². The third-order valence-corrected chi connectivity index (χ3v) is 2.69. The highest BCUT2D eigenvalue weighted by Crippen LogP contribution is 2.14. The van der Waals surface area contributed by atoms with Crippen molar-refractivity contribution in [2.45, 2.75) is 6.54 Å². The predicted molar refractivity (Wildman–Crippen MR) is 66.0 cm³/mol. The number of carboxylic acids is 1. The minimum absolute atomic E-state index is 0.0335. The van der Waals surface area contributed by atoms with Crippen molar-refractivity contribution in [2.75, 3.05) is 14.2 Å². The van der Waals surface area contributed by atoms with Gasteiger partial charge in [0.05, 0.1) is 19.2 Å². The fraction of sp³-hybridized carbons (Fsp3) is 0.250. The molecule has 0 aliphatic carbocycles. The molecule has 2 heterocycles. The van der Waals surface area contributed by atoms with Crippen LogP contribution < -0.4 is 0 Å². The van der Waals surface area contributed by atoms with Crippen LogP contribution in [0.15, 0.2) is 24.4 Å². The lowest BCUT2D eigenvalue weighted by Gasteiger charge is -2.14. The first-order valence-corrected chi connectivity index (χ1v) is 5.53. The number of hydrogen-bond donors (Lipinski definition) is 1. The van der Waals surface area contributed by atoms with Gasteiger partial charge in [-0.3, -0.25) is 0 Å². The van der Waals surface area contributed by atoms with E-state index >= 15 is 0 Å². The van der Waals surface area contributed by atoms with Crippen molar-refractivity contribution in [1.82, 2.24) is 14.3 Å². The number of rotatable bonds is 3. The standard InChI is InChI=1S/C12H13N3O4/c1-14(12(18)19-2)7-9-13-10(11(16)17)8-5-3-4-6-15(8)9/h3-6H,7H2,1-2H3,(H,16,17). The number of imidazole rings is 1. The van der Waals surface area contributed by atoms with Crippen LogP contribution in [0.1, 0.15) is 16.3 Å². The molecule has 0 spiro atoms. The van der Waals surface area contributed by atoms with Crippen molar-refractivity contribution in [3.05, 3.63) is 35.9 Å². The van der Waals surface area contributed by atoms with Gasteiger partial charge >= 0.3 is 12.1 Å². The molecule has 0 aliphatic heterocycles. The monoisotopic (exact) mass is 263 g/mol. The molecule has 0 bridgehead atoms. The number of amides is 1. The lowest BCUT2D eigenvalue weighted by Crippen LogP contribution is -2.26. The van der Waals surface area contributed by atoms with Gasteiger partial charge in [-0.15, -0.1) is 0 Å². The number of ether oxygens (including phenoxy) is 1. The van der Waals surface area contributed by atoms with Crippen LogP contribution in [0, 0.1) is 0 Å². The van der Waals surface area contributed by atoms with Crippen molar-refractivity contribution in [1.29, 1.82) is 0 Å². The van der Waals surface area contributed by atoms with Gasteiger partial charge in [0.2, 0.25) is 0 Å². The van der Waals surface area contributed by atoms with Crippen LogP contribution in [0.25, 0.3) is 5.52 Å². The lowest BCUT2D eigenvalue weighted by atomic mass is 10.3. The van der Waals surface area contributed by atoms with Gasteiger partial charge in [0.1, 0.15) is 5.82 Å². The summed E-state index contributed by atoms with van der Waals surface area (Å²) in [4.78, 5) is 27.8. The van der Waals surface area contributed by atoms with Crippen molar-refractivity contribution >= 4 is 17.6 Å². The summed E-state index contributed by atoms with van der Waals surface area (Å²) < 4.78 is 6.23. The van der Waals surface area contributed by atoms with E-state index < -0.39 is 12.1 Å².